The number of rotatable bonds is 2. The van der Waals surface area contributed by atoms with Gasteiger partial charge < -0.3 is 5.11 Å². The Bertz CT molecular complexity index is 1290. The van der Waals surface area contributed by atoms with Gasteiger partial charge in [0.2, 0.25) is 5.88 Å². The second-order valence-electron chi connectivity index (χ2n) is 6.23. The summed E-state index contributed by atoms with van der Waals surface area (Å²) in [5.74, 6) is -0.745. The molecule has 4 rings (SSSR count). The number of hydrogen-bond acceptors (Lipinski definition) is 4. The molecule has 0 spiro atoms. The Balaban J connectivity index is 1.94. The fourth-order valence-electron chi connectivity index (χ4n) is 3.08. The third-order valence-corrected chi connectivity index (χ3v) is 5.20. The minimum atomic E-state index is -0.524. The molecular formula is C20H13BrFN3O2S. The van der Waals surface area contributed by atoms with E-state index < -0.39 is 11.4 Å². The van der Waals surface area contributed by atoms with Gasteiger partial charge in [-0.3, -0.25) is 19.3 Å². The smallest absolute Gasteiger partial charge is 0.262 e. The third kappa shape index (κ3) is 3.14. The van der Waals surface area contributed by atoms with E-state index in [4.69, 9.17) is 12.2 Å². The standard InChI is InChI=1S/C20H13BrFN3O2S/c1-10-14(15-8-11(21)2-7-17(15)23-10)9-16-18(26)24-20(28)25(19(16)27)13-5-3-12(22)4-6-13/h2-9,27H,1H3,(H,24,26,28). The lowest BCUT2D eigenvalue weighted by Crippen LogP contribution is -2.16. The largest absolute Gasteiger partial charge is 0.494 e. The number of H-pyrrole nitrogens is 1. The van der Waals surface area contributed by atoms with E-state index in [1.165, 1.54) is 28.8 Å². The van der Waals surface area contributed by atoms with Crippen LogP contribution in [0.3, 0.4) is 0 Å². The van der Waals surface area contributed by atoms with Gasteiger partial charge in [0, 0.05) is 21.3 Å². The SMILES string of the molecule is CC1=Nc2ccc(Br)cc2C1=Cc1c(O)n(-c2ccc(F)cc2)c(=S)[nH]c1=O. The van der Waals surface area contributed by atoms with Crippen molar-refractivity contribution in [1.29, 1.82) is 0 Å². The molecule has 0 aliphatic carbocycles. The van der Waals surface area contributed by atoms with Gasteiger partial charge >= 0.3 is 0 Å². The van der Waals surface area contributed by atoms with Crippen LogP contribution in [0.25, 0.3) is 17.3 Å². The molecule has 1 aromatic heterocycles. The highest BCUT2D eigenvalue weighted by Crippen LogP contribution is 2.38. The Kier molecular flexibility index (Phi) is 4.60. The quantitative estimate of drug-likeness (QED) is 0.522. The lowest BCUT2D eigenvalue weighted by molar-refractivity contribution is 0.432. The molecule has 0 unspecified atom stereocenters. The molecule has 1 aliphatic rings. The molecule has 0 bridgehead atoms. The van der Waals surface area contributed by atoms with Crippen molar-refractivity contribution in [3.63, 3.8) is 0 Å². The van der Waals surface area contributed by atoms with E-state index in [1.807, 2.05) is 25.1 Å². The fourth-order valence-corrected chi connectivity index (χ4v) is 3.73. The number of aliphatic imine (C=N–C) groups is 1. The van der Waals surface area contributed by atoms with E-state index >= 15 is 0 Å². The molecule has 0 saturated carbocycles. The summed E-state index contributed by atoms with van der Waals surface area (Å²) in [6, 6.07) is 11.1. The average Bonchev–Trinajstić information content (AvgIpc) is 2.94. The van der Waals surface area contributed by atoms with Crippen LogP contribution in [0.2, 0.25) is 0 Å². The molecule has 8 heteroatoms. The van der Waals surface area contributed by atoms with Crippen LogP contribution in [0.5, 0.6) is 5.88 Å². The summed E-state index contributed by atoms with van der Waals surface area (Å²) >= 11 is 8.63. The number of allylic oxidation sites excluding steroid dienone is 1. The first-order valence-electron chi connectivity index (χ1n) is 8.26. The Labute approximate surface area is 172 Å². The first-order valence-corrected chi connectivity index (χ1v) is 9.47. The van der Waals surface area contributed by atoms with Gasteiger partial charge in [-0.1, -0.05) is 15.9 Å². The highest BCUT2D eigenvalue weighted by molar-refractivity contribution is 9.10. The second-order valence-corrected chi connectivity index (χ2v) is 7.53. The number of fused-ring (bicyclic) bond motifs is 1. The normalized spacial score (nSPS) is 14.2. The van der Waals surface area contributed by atoms with Crippen molar-refractivity contribution < 1.29 is 9.50 Å². The van der Waals surface area contributed by atoms with Crippen molar-refractivity contribution in [3.8, 4) is 11.6 Å². The number of benzene rings is 2. The molecule has 0 radical (unpaired) electrons. The van der Waals surface area contributed by atoms with Crippen LogP contribution in [0.4, 0.5) is 10.1 Å². The molecule has 0 atom stereocenters. The van der Waals surface area contributed by atoms with Gasteiger partial charge in [0.1, 0.15) is 11.4 Å². The summed E-state index contributed by atoms with van der Waals surface area (Å²) in [5, 5.41) is 10.8. The molecule has 28 heavy (non-hydrogen) atoms. The Hall–Kier alpha value is -2.84. The lowest BCUT2D eigenvalue weighted by Gasteiger charge is -2.12. The van der Waals surface area contributed by atoms with E-state index in [9.17, 15) is 14.3 Å². The minimum absolute atomic E-state index is 0.0104. The van der Waals surface area contributed by atoms with Crippen LogP contribution in [0.15, 0.2) is 56.7 Å². The van der Waals surface area contributed by atoms with Crippen molar-refractivity contribution in [2.24, 2.45) is 4.99 Å². The zero-order valence-electron chi connectivity index (χ0n) is 14.5. The Morgan fingerprint density at radius 2 is 1.96 bits per heavy atom. The van der Waals surface area contributed by atoms with Crippen LogP contribution < -0.4 is 5.56 Å². The summed E-state index contributed by atoms with van der Waals surface area (Å²) in [6.45, 7) is 1.83. The molecule has 0 saturated heterocycles. The Morgan fingerprint density at radius 3 is 2.68 bits per heavy atom. The number of halogens is 2. The van der Waals surface area contributed by atoms with Crippen molar-refractivity contribution in [1.82, 2.24) is 9.55 Å². The fraction of sp³-hybridized carbons (Fsp3) is 0.0500. The van der Waals surface area contributed by atoms with Crippen molar-refractivity contribution >= 4 is 51.2 Å². The van der Waals surface area contributed by atoms with E-state index in [0.29, 0.717) is 5.69 Å². The maximum absolute atomic E-state index is 13.3. The number of aromatic nitrogens is 2. The first kappa shape index (κ1) is 18.5. The van der Waals surface area contributed by atoms with E-state index in [0.717, 1.165) is 27.0 Å². The molecule has 0 fully saturated rings. The van der Waals surface area contributed by atoms with Crippen LogP contribution in [0.1, 0.15) is 18.1 Å². The maximum atomic E-state index is 13.3. The highest BCUT2D eigenvalue weighted by atomic mass is 79.9. The monoisotopic (exact) mass is 457 g/mol. The van der Waals surface area contributed by atoms with Gasteiger partial charge in [-0.15, -0.1) is 0 Å². The van der Waals surface area contributed by atoms with E-state index in [-0.39, 0.29) is 16.2 Å². The second kappa shape index (κ2) is 6.96. The summed E-state index contributed by atoms with van der Waals surface area (Å²) in [5.41, 5.74) is 3.03. The topological polar surface area (TPSA) is 70.4 Å². The molecule has 0 amide bonds. The van der Waals surface area contributed by atoms with Crippen LogP contribution in [0, 0.1) is 10.6 Å². The van der Waals surface area contributed by atoms with Gasteiger partial charge in [-0.05, 0) is 67.7 Å². The van der Waals surface area contributed by atoms with Crippen molar-refractivity contribution in [3.05, 3.63) is 79.0 Å². The van der Waals surface area contributed by atoms with Crippen LogP contribution >= 0.6 is 28.1 Å². The molecule has 2 aromatic carbocycles. The molecule has 2 N–H and O–H groups in total. The van der Waals surface area contributed by atoms with Gasteiger partial charge in [0.15, 0.2) is 4.77 Å². The summed E-state index contributed by atoms with van der Waals surface area (Å²) in [4.78, 5) is 19.6. The molecule has 1 aliphatic heterocycles. The lowest BCUT2D eigenvalue weighted by atomic mass is 10.0. The minimum Gasteiger partial charge on any atom is -0.494 e. The molecular weight excluding hydrogens is 445 g/mol. The predicted octanol–water partition coefficient (Wildman–Crippen LogP) is 5.15. The average molecular weight is 458 g/mol. The third-order valence-electron chi connectivity index (χ3n) is 4.42. The van der Waals surface area contributed by atoms with Crippen molar-refractivity contribution in [2.75, 3.05) is 0 Å². The molecule has 5 nitrogen and oxygen atoms in total. The molecule has 2 heterocycles. The van der Waals surface area contributed by atoms with E-state index in [2.05, 4.69) is 25.9 Å². The van der Waals surface area contributed by atoms with Gasteiger partial charge in [-0.25, -0.2) is 4.39 Å². The number of hydrogen-bond donors (Lipinski definition) is 2. The van der Waals surface area contributed by atoms with Crippen molar-refractivity contribution in [2.45, 2.75) is 6.92 Å². The first-order chi connectivity index (χ1) is 13.3. The van der Waals surface area contributed by atoms with Crippen LogP contribution in [-0.2, 0) is 0 Å². The number of nitrogens with zero attached hydrogens (tertiary/aromatic N) is 2. The van der Waals surface area contributed by atoms with Gasteiger partial charge in [-0.2, -0.15) is 0 Å². The summed E-state index contributed by atoms with van der Waals surface area (Å²) in [6.07, 6.45) is 1.58. The Morgan fingerprint density at radius 1 is 1.25 bits per heavy atom. The molecule has 3 aromatic rings. The summed E-state index contributed by atoms with van der Waals surface area (Å²) in [7, 11) is 0. The number of aromatic hydroxyl groups is 1. The summed E-state index contributed by atoms with van der Waals surface area (Å²) < 4.78 is 15.4. The maximum Gasteiger partial charge on any atom is 0.262 e. The zero-order valence-corrected chi connectivity index (χ0v) is 16.9. The zero-order chi connectivity index (χ0) is 20.0. The predicted molar refractivity (Wildman–Crippen MR) is 114 cm³/mol. The molecule has 140 valence electrons. The highest BCUT2D eigenvalue weighted by Gasteiger charge is 2.20. The number of nitrogens with one attached hydrogen (secondary N) is 1. The van der Waals surface area contributed by atoms with Gasteiger partial charge in [0.05, 0.1) is 11.4 Å². The number of aromatic amines is 1. The van der Waals surface area contributed by atoms with Crippen LogP contribution in [-0.4, -0.2) is 20.4 Å². The van der Waals surface area contributed by atoms with E-state index in [1.54, 1.807) is 6.08 Å². The van der Waals surface area contributed by atoms with Gasteiger partial charge in [0.25, 0.3) is 5.56 Å².